The molecule has 3 heteroatoms. The van der Waals surface area contributed by atoms with E-state index < -0.39 is 0 Å². The van der Waals surface area contributed by atoms with Gasteiger partial charge in [0.25, 0.3) is 0 Å². The molecule has 1 amide bonds. The van der Waals surface area contributed by atoms with E-state index in [1.165, 1.54) is 11.0 Å². The molecule has 0 aliphatic carbocycles. The molecule has 0 aliphatic rings. The average Bonchev–Trinajstić information content (AvgIpc) is 2.52. The van der Waals surface area contributed by atoms with Crippen LogP contribution in [0.4, 0.5) is 5.69 Å². The average molecular weight is 262 g/mol. The Morgan fingerprint density at radius 1 is 1.25 bits per heavy atom. The molecule has 3 nitrogen and oxygen atoms in total. The fourth-order valence-electron chi connectivity index (χ4n) is 1.70. The third-order valence-electron chi connectivity index (χ3n) is 2.77. The van der Waals surface area contributed by atoms with E-state index in [1.807, 2.05) is 36.4 Å². The molecule has 1 aromatic heterocycles. The monoisotopic (exact) mass is 262 g/mol. The number of anilines is 1. The number of hydrogen-bond acceptors (Lipinski definition) is 2. The van der Waals surface area contributed by atoms with Gasteiger partial charge >= 0.3 is 0 Å². The summed E-state index contributed by atoms with van der Waals surface area (Å²) in [6, 6.07) is 11.2. The van der Waals surface area contributed by atoms with Crippen molar-refractivity contribution in [3.63, 3.8) is 0 Å². The van der Waals surface area contributed by atoms with E-state index in [4.69, 9.17) is 0 Å². The molecule has 0 fully saturated rings. The first-order chi connectivity index (χ1) is 9.72. The zero-order chi connectivity index (χ0) is 14.4. The number of rotatable bonds is 2. The van der Waals surface area contributed by atoms with Crippen LogP contribution in [-0.2, 0) is 4.79 Å². The van der Waals surface area contributed by atoms with Gasteiger partial charge in [0.1, 0.15) is 0 Å². The fraction of sp³-hybridized carbons (Fsp3) is 0.0588. The minimum absolute atomic E-state index is 0.166. The molecule has 0 saturated carbocycles. The second-order valence-electron chi connectivity index (χ2n) is 4.11. The van der Waals surface area contributed by atoms with Gasteiger partial charge in [0, 0.05) is 30.6 Å². The first kappa shape index (κ1) is 13.6. The molecule has 0 atom stereocenters. The van der Waals surface area contributed by atoms with E-state index in [1.54, 1.807) is 19.4 Å². The first-order valence-electron chi connectivity index (χ1n) is 6.13. The molecule has 0 radical (unpaired) electrons. The van der Waals surface area contributed by atoms with Crippen LogP contribution >= 0.6 is 0 Å². The summed E-state index contributed by atoms with van der Waals surface area (Å²) in [6.45, 7) is 3.49. The van der Waals surface area contributed by atoms with Crippen LogP contribution < -0.4 is 4.90 Å². The summed E-state index contributed by atoms with van der Waals surface area (Å²) < 4.78 is 0. The lowest BCUT2D eigenvalue weighted by atomic mass is 10.1. The second kappa shape index (κ2) is 6.35. The molecule has 1 aromatic carbocycles. The zero-order valence-corrected chi connectivity index (χ0v) is 11.2. The number of benzene rings is 1. The smallest absolute Gasteiger partial charge is 0.250 e. The van der Waals surface area contributed by atoms with Gasteiger partial charge in [0.2, 0.25) is 5.91 Å². The minimum atomic E-state index is -0.166. The third kappa shape index (κ3) is 3.12. The predicted octanol–water partition coefficient (Wildman–Crippen LogP) is 2.63. The van der Waals surface area contributed by atoms with Crippen LogP contribution in [0.5, 0.6) is 0 Å². The second-order valence-corrected chi connectivity index (χ2v) is 4.11. The Hall–Kier alpha value is -2.86. The van der Waals surface area contributed by atoms with Crippen molar-refractivity contribution in [2.45, 2.75) is 0 Å². The van der Waals surface area contributed by atoms with Crippen LogP contribution in [0.3, 0.4) is 0 Å². The maximum Gasteiger partial charge on any atom is 0.250 e. The number of para-hydroxylation sites is 1. The molecule has 0 unspecified atom stereocenters. The highest BCUT2D eigenvalue weighted by molar-refractivity contribution is 6.01. The lowest BCUT2D eigenvalue weighted by molar-refractivity contribution is -0.113. The Bertz CT molecular complexity index is 681. The van der Waals surface area contributed by atoms with Crippen LogP contribution in [0.15, 0.2) is 61.4 Å². The van der Waals surface area contributed by atoms with E-state index >= 15 is 0 Å². The molecular weight excluding hydrogens is 248 g/mol. The van der Waals surface area contributed by atoms with Crippen molar-refractivity contribution in [2.75, 3.05) is 11.9 Å². The largest absolute Gasteiger partial charge is 0.311 e. The minimum Gasteiger partial charge on any atom is -0.311 e. The number of carbonyl (C=O) groups excluding carboxylic acids is 1. The number of amides is 1. The van der Waals surface area contributed by atoms with E-state index in [2.05, 4.69) is 23.4 Å². The Kier molecular flexibility index (Phi) is 4.31. The maximum atomic E-state index is 11.7. The van der Waals surface area contributed by atoms with Crippen molar-refractivity contribution in [2.24, 2.45) is 0 Å². The molecule has 0 N–H and O–H groups in total. The Morgan fingerprint density at radius 2 is 2.05 bits per heavy atom. The summed E-state index contributed by atoms with van der Waals surface area (Å²) in [5.41, 5.74) is 2.38. The van der Waals surface area contributed by atoms with Crippen molar-refractivity contribution in [1.29, 1.82) is 0 Å². The third-order valence-corrected chi connectivity index (χ3v) is 2.77. The number of carbonyl (C=O) groups is 1. The number of hydrogen-bond donors (Lipinski definition) is 0. The normalized spacial score (nSPS) is 9.25. The molecule has 0 spiro atoms. The lowest BCUT2D eigenvalue weighted by Gasteiger charge is -2.16. The molecule has 0 saturated heterocycles. The summed E-state index contributed by atoms with van der Waals surface area (Å²) in [5, 5.41) is 0. The highest BCUT2D eigenvalue weighted by atomic mass is 16.2. The summed E-state index contributed by atoms with van der Waals surface area (Å²) in [6.07, 6.45) is 4.69. The molecule has 0 bridgehead atoms. The van der Waals surface area contributed by atoms with Gasteiger partial charge in [-0.25, -0.2) is 0 Å². The molecule has 98 valence electrons. The van der Waals surface area contributed by atoms with Gasteiger partial charge in [-0.3, -0.25) is 9.78 Å². The number of aromatic nitrogens is 1. The highest BCUT2D eigenvalue weighted by Crippen LogP contribution is 2.18. The van der Waals surface area contributed by atoms with Crippen molar-refractivity contribution in [3.05, 3.63) is 72.6 Å². The van der Waals surface area contributed by atoms with Gasteiger partial charge < -0.3 is 4.90 Å². The molecule has 20 heavy (non-hydrogen) atoms. The van der Waals surface area contributed by atoms with Gasteiger partial charge in [-0.1, -0.05) is 30.6 Å². The Labute approximate surface area is 118 Å². The van der Waals surface area contributed by atoms with Gasteiger partial charge in [0.15, 0.2) is 0 Å². The summed E-state index contributed by atoms with van der Waals surface area (Å²) in [5.74, 6) is 5.94. The van der Waals surface area contributed by atoms with Crippen molar-refractivity contribution >= 4 is 11.6 Å². The van der Waals surface area contributed by atoms with E-state index in [9.17, 15) is 4.79 Å². The van der Waals surface area contributed by atoms with E-state index in [0.717, 1.165) is 16.8 Å². The number of likely N-dealkylation sites (N-methyl/N-ethyl adjacent to an activating group) is 1. The van der Waals surface area contributed by atoms with Crippen molar-refractivity contribution < 1.29 is 4.79 Å². The van der Waals surface area contributed by atoms with Gasteiger partial charge in [-0.05, 0) is 30.3 Å². The lowest BCUT2D eigenvalue weighted by Crippen LogP contribution is -2.24. The summed E-state index contributed by atoms with van der Waals surface area (Å²) in [4.78, 5) is 17.2. The molecule has 1 heterocycles. The predicted molar refractivity (Wildman–Crippen MR) is 80.3 cm³/mol. The van der Waals surface area contributed by atoms with E-state index in [0.29, 0.717) is 0 Å². The molecule has 2 rings (SSSR count). The quantitative estimate of drug-likeness (QED) is 0.615. The Morgan fingerprint density at radius 3 is 2.75 bits per heavy atom. The topological polar surface area (TPSA) is 33.2 Å². The SMILES string of the molecule is C=CC(=O)N(C)c1ccccc1C#Cc1cccnc1. The highest BCUT2D eigenvalue weighted by Gasteiger charge is 2.09. The van der Waals surface area contributed by atoms with Gasteiger partial charge in [0.05, 0.1) is 5.69 Å². The number of nitrogens with zero attached hydrogens (tertiary/aromatic N) is 2. The first-order valence-corrected chi connectivity index (χ1v) is 6.13. The zero-order valence-electron chi connectivity index (χ0n) is 11.2. The van der Waals surface area contributed by atoms with Gasteiger partial charge in [-0.15, -0.1) is 0 Å². The molecule has 0 aliphatic heterocycles. The van der Waals surface area contributed by atoms with Crippen LogP contribution in [0, 0.1) is 11.8 Å². The van der Waals surface area contributed by atoms with Gasteiger partial charge in [-0.2, -0.15) is 0 Å². The Balaban J connectivity index is 2.37. The number of pyridine rings is 1. The summed E-state index contributed by atoms with van der Waals surface area (Å²) in [7, 11) is 1.70. The molecule has 2 aromatic rings. The summed E-state index contributed by atoms with van der Waals surface area (Å²) >= 11 is 0. The van der Waals surface area contributed by atoms with Crippen molar-refractivity contribution in [1.82, 2.24) is 4.98 Å². The van der Waals surface area contributed by atoms with Crippen LogP contribution in [-0.4, -0.2) is 17.9 Å². The van der Waals surface area contributed by atoms with Crippen LogP contribution in [0.1, 0.15) is 11.1 Å². The maximum absolute atomic E-state index is 11.7. The standard InChI is InChI=1S/C17H14N2O/c1-3-17(20)19(2)16-9-5-4-8-15(16)11-10-14-7-6-12-18-13-14/h3-9,12-13H,1H2,2H3. The van der Waals surface area contributed by atoms with Crippen LogP contribution in [0.2, 0.25) is 0 Å². The van der Waals surface area contributed by atoms with Crippen molar-refractivity contribution in [3.8, 4) is 11.8 Å². The fourth-order valence-corrected chi connectivity index (χ4v) is 1.70. The van der Waals surface area contributed by atoms with E-state index in [-0.39, 0.29) is 5.91 Å². The molecular formula is C17H14N2O. The van der Waals surface area contributed by atoms with Crippen LogP contribution in [0.25, 0.3) is 0 Å².